The fourth-order valence-corrected chi connectivity index (χ4v) is 3.16. The highest BCUT2D eigenvalue weighted by Crippen LogP contribution is 2.28. The third-order valence-electron chi connectivity index (χ3n) is 4.37. The molecular weight excluding hydrogens is 322 g/mol. The number of methoxy groups -OCH3 is 1. The van der Waals surface area contributed by atoms with Crippen molar-refractivity contribution in [1.29, 1.82) is 0 Å². The first kappa shape index (κ1) is 16.1. The second kappa shape index (κ2) is 6.84. The lowest BCUT2D eigenvalue weighted by molar-refractivity contribution is 0.420. The van der Waals surface area contributed by atoms with E-state index in [-0.39, 0.29) is 0 Å². The van der Waals surface area contributed by atoms with Crippen LogP contribution in [0.25, 0.3) is 21.7 Å². The number of rotatable bonds is 4. The number of anilines is 1. The summed E-state index contributed by atoms with van der Waals surface area (Å²) < 4.78 is 5.45. The predicted molar refractivity (Wildman–Crippen MR) is 108 cm³/mol. The zero-order chi connectivity index (χ0) is 17.9. The second-order valence-corrected chi connectivity index (χ2v) is 6.10. The zero-order valence-corrected chi connectivity index (χ0v) is 14.7. The van der Waals surface area contributed by atoms with Crippen molar-refractivity contribution in [3.05, 3.63) is 78.0 Å². The van der Waals surface area contributed by atoms with Crippen LogP contribution in [0.2, 0.25) is 0 Å². The Morgan fingerprint density at radius 3 is 2.46 bits per heavy atom. The number of benzene rings is 3. The van der Waals surface area contributed by atoms with Gasteiger partial charge in [0.2, 0.25) is 0 Å². The average Bonchev–Trinajstić information content (AvgIpc) is 2.68. The molecular formula is C22H19N3O. The smallest absolute Gasteiger partial charge is 0.126 e. The second-order valence-electron chi connectivity index (χ2n) is 6.10. The Morgan fingerprint density at radius 2 is 1.65 bits per heavy atom. The van der Waals surface area contributed by atoms with Crippen LogP contribution in [0.15, 0.2) is 71.8 Å². The number of nitrogens with one attached hydrogen (secondary N) is 1. The molecule has 4 nitrogen and oxygen atoms in total. The van der Waals surface area contributed by atoms with E-state index in [1.165, 1.54) is 0 Å². The molecule has 4 heteroatoms. The molecule has 0 unspecified atom stereocenters. The summed E-state index contributed by atoms with van der Waals surface area (Å²) >= 11 is 0. The fraction of sp³-hybridized carbons (Fsp3) is 0.0909. The van der Waals surface area contributed by atoms with Crippen molar-refractivity contribution in [2.75, 3.05) is 12.5 Å². The quantitative estimate of drug-likeness (QED) is 0.412. The maximum Gasteiger partial charge on any atom is 0.126 e. The van der Waals surface area contributed by atoms with Crippen LogP contribution in [0.4, 0.5) is 5.69 Å². The van der Waals surface area contributed by atoms with Gasteiger partial charge in [0.15, 0.2) is 0 Å². The first-order valence-corrected chi connectivity index (χ1v) is 8.47. The number of ether oxygens (including phenoxy) is 1. The molecule has 1 heterocycles. The Hall–Kier alpha value is -3.40. The molecule has 0 atom stereocenters. The number of aromatic nitrogens is 1. The molecule has 0 amide bonds. The molecule has 0 spiro atoms. The van der Waals surface area contributed by atoms with Gasteiger partial charge in [0.1, 0.15) is 5.75 Å². The van der Waals surface area contributed by atoms with E-state index >= 15 is 0 Å². The van der Waals surface area contributed by atoms with Gasteiger partial charge in [0.25, 0.3) is 0 Å². The summed E-state index contributed by atoms with van der Waals surface area (Å²) in [5, 5.41) is 7.69. The van der Waals surface area contributed by atoms with Gasteiger partial charge in [-0.15, -0.1) is 0 Å². The van der Waals surface area contributed by atoms with Crippen LogP contribution in [0, 0.1) is 6.92 Å². The van der Waals surface area contributed by atoms with Crippen LogP contribution in [0.1, 0.15) is 11.3 Å². The maximum atomic E-state index is 5.45. The zero-order valence-electron chi connectivity index (χ0n) is 14.7. The van der Waals surface area contributed by atoms with Crippen LogP contribution in [0.3, 0.4) is 0 Å². The van der Waals surface area contributed by atoms with Crippen LogP contribution >= 0.6 is 0 Å². The lowest BCUT2D eigenvalue weighted by atomic mass is 10.0. The molecule has 4 rings (SSSR count). The van der Waals surface area contributed by atoms with Gasteiger partial charge in [-0.2, -0.15) is 5.10 Å². The molecule has 0 radical (unpaired) electrons. The standard InChI is InChI=1S/C22H19N3O/c1-15-13-21(19-9-5-6-10-20(19)24-15)25-23-14-16-11-12-22(26-2)18-8-4-3-7-17(16)18/h3-14H,1-2H3,(H,24,25)/b23-14+. The first-order chi connectivity index (χ1) is 12.8. The molecule has 0 aliphatic carbocycles. The minimum Gasteiger partial charge on any atom is -0.496 e. The maximum absolute atomic E-state index is 5.45. The van der Waals surface area contributed by atoms with Crippen molar-refractivity contribution in [3.63, 3.8) is 0 Å². The van der Waals surface area contributed by atoms with Gasteiger partial charge >= 0.3 is 0 Å². The van der Waals surface area contributed by atoms with Crippen molar-refractivity contribution in [1.82, 2.24) is 4.98 Å². The number of nitrogens with zero attached hydrogens (tertiary/aromatic N) is 2. The summed E-state index contributed by atoms with van der Waals surface area (Å²) in [4.78, 5) is 4.56. The van der Waals surface area contributed by atoms with E-state index in [9.17, 15) is 0 Å². The molecule has 128 valence electrons. The lowest BCUT2D eigenvalue weighted by Crippen LogP contribution is -1.95. The van der Waals surface area contributed by atoms with Crippen molar-refractivity contribution in [2.45, 2.75) is 6.92 Å². The number of pyridine rings is 1. The first-order valence-electron chi connectivity index (χ1n) is 8.47. The van der Waals surface area contributed by atoms with E-state index in [0.29, 0.717) is 0 Å². The monoisotopic (exact) mass is 341 g/mol. The Labute approximate surface area is 152 Å². The van der Waals surface area contributed by atoms with Gasteiger partial charge in [-0.3, -0.25) is 10.4 Å². The molecule has 1 N–H and O–H groups in total. The van der Waals surface area contributed by atoms with Crippen molar-refractivity contribution < 1.29 is 4.74 Å². The van der Waals surface area contributed by atoms with Crippen LogP contribution < -0.4 is 10.2 Å². The number of para-hydroxylation sites is 1. The summed E-state index contributed by atoms with van der Waals surface area (Å²) in [5.41, 5.74) is 7.06. The van der Waals surface area contributed by atoms with E-state index in [1.54, 1.807) is 7.11 Å². The number of aryl methyl sites for hydroxylation is 1. The molecule has 0 saturated heterocycles. The lowest BCUT2D eigenvalue weighted by Gasteiger charge is -2.09. The molecule has 0 aliphatic heterocycles. The average molecular weight is 341 g/mol. The predicted octanol–water partition coefficient (Wildman–Crippen LogP) is 5.15. The van der Waals surface area contributed by atoms with Crippen LogP contribution in [-0.4, -0.2) is 18.3 Å². The summed E-state index contributed by atoms with van der Waals surface area (Å²) in [6.07, 6.45) is 1.84. The molecule has 0 fully saturated rings. The Bertz CT molecular complexity index is 1120. The summed E-state index contributed by atoms with van der Waals surface area (Å²) in [5.74, 6) is 0.862. The fourth-order valence-electron chi connectivity index (χ4n) is 3.16. The molecule has 4 aromatic rings. The van der Waals surface area contributed by atoms with Gasteiger partial charge in [0.05, 0.1) is 24.5 Å². The minimum absolute atomic E-state index is 0.862. The minimum atomic E-state index is 0.862. The van der Waals surface area contributed by atoms with Gasteiger partial charge in [-0.1, -0.05) is 42.5 Å². The van der Waals surface area contributed by atoms with E-state index in [4.69, 9.17) is 4.74 Å². The molecule has 1 aromatic heterocycles. The Balaban J connectivity index is 1.69. The molecule has 0 saturated carbocycles. The number of hydrazone groups is 1. The van der Waals surface area contributed by atoms with Crippen LogP contribution in [-0.2, 0) is 0 Å². The molecule has 0 bridgehead atoms. The van der Waals surface area contributed by atoms with Crippen molar-refractivity contribution >= 4 is 33.6 Å². The van der Waals surface area contributed by atoms with E-state index in [2.05, 4.69) is 27.6 Å². The number of hydrogen-bond acceptors (Lipinski definition) is 4. The Morgan fingerprint density at radius 1 is 0.923 bits per heavy atom. The third kappa shape index (κ3) is 2.97. The van der Waals surface area contributed by atoms with E-state index in [0.717, 1.165) is 44.4 Å². The topological polar surface area (TPSA) is 46.5 Å². The van der Waals surface area contributed by atoms with Crippen LogP contribution in [0.5, 0.6) is 5.75 Å². The van der Waals surface area contributed by atoms with Crippen molar-refractivity contribution in [3.8, 4) is 5.75 Å². The summed E-state index contributed by atoms with van der Waals surface area (Å²) in [6, 6.07) is 22.2. The van der Waals surface area contributed by atoms with Gasteiger partial charge < -0.3 is 4.74 Å². The summed E-state index contributed by atoms with van der Waals surface area (Å²) in [6.45, 7) is 1.98. The third-order valence-corrected chi connectivity index (χ3v) is 4.37. The molecule has 26 heavy (non-hydrogen) atoms. The summed E-state index contributed by atoms with van der Waals surface area (Å²) in [7, 11) is 1.69. The van der Waals surface area contributed by atoms with Gasteiger partial charge in [0, 0.05) is 22.0 Å². The van der Waals surface area contributed by atoms with Gasteiger partial charge in [-0.25, -0.2) is 0 Å². The highest BCUT2D eigenvalue weighted by molar-refractivity contribution is 6.02. The highest BCUT2D eigenvalue weighted by atomic mass is 16.5. The van der Waals surface area contributed by atoms with Gasteiger partial charge in [-0.05, 0) is 36.6 Å². The van der Waals surface area contributed by atoms with E-state index < -0.39 is 0 Å². The molecule has 3 aromatic carbocycles. The number of fused-ring (bicyclic) bond motifs is 2. The van der Waals surface area contributed by atoms with Crippen molar-refractivity contribution in [2.24, 2.45) is 5.10 Å². The largest absolute Gasteiger partial charge is 0.496 e. The Kier molecular flexibility index (Phi) is 4.23. The van der Waals surface area contributed by atoms with E-state index in [1.807, 2.05) is 67.7 Å². The number of hydrogen-bond donors (Lipinski definition) is 1. The highest BCUT2D eigenvalue weighted by Gasteiger charge is 2.05. The SMILES string of the molecule is COc1ccc(/C=N/Nc2cc(C)nc3ccccc23)c2ccccc12. The molecule has 0 aliphatic rings. The normalized spacial score (nSPS) is 11.3.